The van der Waals surface area contributed by atoms with E-state index in [-0.39, 0.29) is 22.8 Å². The van der Waals surface area contributed by atoms with Crippen molar-refractivity contribution in [3.8, 4) is 0 Å². The molecular formula is C14H20N2O3. The lowest BCUT2D eigenvalue weighted by atomic mass is 9.98. The van der Waals surface area contributed by atoms with Crippen LogP contribution in [0.5, 0.6) is 0 Å². The molecule has 0 radical (unpaired) electrons. The SMILES string of the molecule is O=[N+]([O-])c1ccc(CCNC2(CO)CCCC2)cc1. The van der Waals surface area contributed by atoms with Gasteiger partial charge in [-0.05, 0) is 31.4 Å². The lowest BCUT2D eigenvalue weighted by Crippen LogP contribution is -2.46. The predicted molar refractivity (Wildman–Crippen MR) is 73.1 cm³/mol. The van der Waals surface area contributed by atoms with Crippen molar-refractivity contribution in [2.45, 2.75) is 37.6 Å². The molecule has 0 atom stereocenters. The molecule has 0 spiro atoms. The van der Waals surface area contributed by atoms with Crippen LogP contribution in [-0.2, 0) is 6.42 Å². The molecule has 2 N–H and O–H groups in total. The molecule has 0 aromatic heterocycles. The zero-order valence-electron chi connectivity index (χ0n) is 11.0. The van der Waals surface area contributed by atoms with Crippen LogP contribution < -0.4 is 5.32 Å². The van der Waals surface area contributed by atoms with Gasteiger partial charge in [-0.2, -0.15) is 0 Å². The molecule has 0 unspecified atom stereocenters. The van der Waals surface area contributed by atoms with E-state index in [4.69, 9.17) is 0 Å². The van der Waals surface area contributed by atoms with E-state index in [2.05, 4.69) is 5.32 Å². The molecule has 1 fully saturated rings. The molecule has 1 aliphatic carbocycles. The van der Waals surface area contributed by atoms with Crippen molar-refractivity contribution in [3.05, 3.63) is 39.9 Å². The van der Waals surface area contributed by atoms with Crippen LogP contribution in [0.3, 0.4) is 0 Å². The van der Waals surface area contributed by atoms with Gasteiger partial charge in [-0.3, -0.25) is 10.1 Å². The molecule has 1 aromatic carbocycles. The van der Waals surface area contributed by atoms with Gasteiger partial charge in [-0.15, -0.1) is 0 Å². The average molecular weight is 264 g/mol. The Bertz CT molecular complexity index is 425. The summed E-state index contributed by atoms with van der Waals surface area (Å²) in [5, 5.41) is 23.5. The molecule has 5 heteroatoms. The molecule has 0 aliphatic heterocycles. The first-order valence-corrected chi connectivity index (χ1v) is 6.74. The third-order valence-electron chi connectivity index (χ3n) is 3.92. The number of nitrogens with zero attached hydrogens (tertiary/aromatic N) is 1. The highest BCUT2D eigenvalue weighted by molar-refractivity contribution is 5.32. The Hall–Kier alpha value is -1.46. The number of hydrogen-bond acceptors (Lipinski definition) is 4. The molecule has 0 bridgehead atoms. The summed E-state index contributed by atoms with van der Waals surface area (Å²) in [6.07, 6.45) is 5.23. The van der Waals surface area contributed by atoms with Crippen molar-refractivity contribution in [2.75, 3.05) is 13.2 Å². The zero-order chi connectivity index (χ0) is 13.7. The Balaban J connectivity index is 1.83. The second kappa shape index (κ2) is 6.12. The van der Waals surface area contributed by atoms with Crippen LogP contribution >= 0.6 is 0 Å². The molecular weight excluding hydrogens is 244 g/mol. The summed E-state index contributed by atoms with van der Waals surface area (Å²) in [5.74, 6) is 0. The molecule has 0 saturated heterocycles. The van der Waals surface area contributed by atoms with E-state index in [0.29, 0.717) is 0 Å². The van der Waals surface area contributed by atoms with E-state index >= 15 is 0 Å². The number of nitro benzene ring substituents is 1. The molecule has 0 amide bonds. The summed E-state index contributed by atoms with van der Waals surface area (Å²) in [6.45, 7) is 0.978. The maximum absolute atomic E-state index is 10.5. The van der Waals surface area contributed by atoms with Gasteiger partial charge in [0.05, 0.1) is 11.5 Å². The topological polar surface area (TPSA) is 75.4 Å². The maximum Gasteiger partial charge on any atom is 0.269 e. The first kappa shape index (κ1) is 14.0. The first-order chi connectivity index (χ1) is 9.15. The predicted octanol–water partition coefficient (Wildman–Crippen LogP) is 2.03. The lowest BCUT2D eigenvalue weighted by molar-refractivity contribution is -0.384. The van der Waals surface area contributed by atoms with Gasteiger partial charge in [0.2, 0.25) is 0 Å². The number of nitro groups is 1. The number of rotatable bonds is 6. The third-order valence-corrected chi connectivity index (χ3v) is 3.92. The number of aliphatic hydroxyl groups excluding tert-OH is 1. The quantitative estimate of drug-likeness (QED) is 0.609. The van der Waals surface area contributed by atoms with Crippen molar-refractivity contribution in [3.63, 3.8) is 0 Å². The third kappa shape index (κ3) is 3.52. The van der Waals surface area contributed by atoms with Crippen LogP contribution in [0, 0.1) is 10.1 Å². The normalized spacial score (nSPS) is 17.5. The van der Waals surface area contributed by atoms with Crippen LogP contribution in [0.25, 0.3) is 0 Å². The Morgan fingerprint density at radius 3 is 2.42 bits per heavy atom. The van der Waals surface area contributed by atoms with Crippen LogP contribution in [-0.4, -0.2) is 28.7 Å². The minimum Gasteiger partial charge on any atom is -0.394 e. The van der Waals surface area contributed by atoms with E-state index in [0.717, 1.165) is 31.4 Å². The summed E-state index contributed by atoms with van der Waals surface area (Å²) in [5.41, 5.74) is 1.10. The van der Waals surface area contributed by atoms with Gasteiger partial charge in [0.1, 0.15) is 0 Å². The molecule has 104 valence electrons. The second-order valence-electron chi connectivity index (χ2n) is 5.25. The van der Waals surface area contributed by atoms with E-state index in [1.807, 2.05) is 0 Å². The summed E-state index contributed by atoms with van der Waals surface area (Å²) in [4.78, 5) is 10.2. The highest BCUT2D eigenvalue weighted by atomic mass is 16.6. The summed E-state index contributed by atoms with van der Waals surface area (Å²) in [7, 11) is 0. The van der Waals surface area contributed by atoms with Gasteiger partial charge < -0.3 is 10.4 Å². The fourth-order valence-electron chi connectivity index (χ4n) is 2.70. The molecule has 2 rings (SSSR count). The Kier molecular flexibility index (Phi) is 4.50. The molecule has 1 saturated carbocycles. The second-order valence-corrected chi connectivity index (χ2v) is 5.25. The minimum absolute atomic E-state index is 0.0965. The number of nitrogens with one attached hydrogen (secondary N) is 1. The minimum atomic E-state index is -0.388. The van der Waals surface area contributed by atoms with Gasteiger partial charge in [-0.1, -0.05) is 25.0 Å². The van der Waals surface area contributed by atoms with Crippen molar-refractivity contribution >= 4 is 5.69 Å². The van der Waals surface area contributed by atoms with Crippen molar-refractivity contribution in [1.29, 1.82) is 0 Å². The molecule has 5 nitrogen and oxygen atoms in total. The highest BCUT2D eigenvalue weighted by Gasteiger charge is 2.32. The summed E-state index contributed by atoms with van der Waals surface area (Å²) >= 11 is 0. The monoisotopic (exact) mass is 264 g/mol. The van der Waals surface area contributed by atoms with Crippen LogP contribution in [0.2, 0.25) is 0 Å². The van der Waals surface area contributed by atoms with Gasteiger partial charge in [0.15, 0.2) is 0 Å². The van der Waals surface area contributed by atoms with Crippen LogP contribution in [0.15, 0.2) is 24.3 Å². The largest absolute Gasteiger partial charge is 0.394 e. The Morgan fingerprint density at radius 2 is 1.89 bits per heavy atom. The van der Waals surface area contributed by atoms with E-state index in [1.54, 1.807) is 12.1 Å². The smallest absolute Gasteiger partial charge is 0.269 e. The summed E-state index contributed by atoms with van der Waals surface area (Å²) < 4.78 is 0. The molecule has 1 aromatic rings. The molecule has 19 heavy (non-hydrogen) atoms. The standard InChI is InChI=1S/C14H20N2O3/c17-11-14(8-1-2-9-14)15-10-7-12-3-5-13(6-4-12)16(18)19/h3-6,15,17H,1-2,7-11H2. The lowest BCUT2D eigenvalue weighted by Gasteiger charge is -2.28. The van der Waals surface area contributed by atoms with Gasteiger partial charge in [-0.25, -0.2) is 0 Å². The number of benzene rings is 1. The van der Waals surface area contributed by atoms with Gasteiger partial charge in [0, 0.05) is 17.7 Å². The fourth-order valence-corrected chi connectivity index (χ4v) is 2.70. The number of non-ortho nitro benzene ring substituents is 1. The van der Waals surface area contributed by atoms with Crippen LogP contribution in [0.1, 0.15) is 31.2 Å². The maximum atomic E-state index is 10.5. The number of hydrogen-bond donors (Lipinski definition) is 2. The van der Waals surface area contributed by atoms with Gasteiger partial charge >= 0.3 is 0 Å². The van der Waals surface area contributed by atoms with Crippen LogP contribution in [0.4, 0.5) is 5.69 Å². The van der Waals surface area contributed by atoms with E-state index in [1.165, 1.54) is 25.0 Å². The van der Waals surface area contributed by atoms with Crippen molar-refractivity contribution in [1.82, 2.24) is 5.32 Å². The van der Waals surface area contributed by atoms with Crippen molar-refractivity contribution in [2.24, 2.45) is 0 Å². The summed E-state index contributed by atoms with van der Waals surface area (Å²) in [6, 6.07) is 6.65. The Labute approximate surface area is 112 Å². The molecule has 0 heterocycles. The highest BCUT2D eigenvalue weighted by Crippen LogP contribution is 2.28. The number of aliphatic hydroxyl groups is 1. The van der Waals surface area contributed by atoms with Crippen molar-refractivity contribution < 1.29 is 10.0 Å². The average Bonchev–Trinajstić information content (AvgIpc) is 2.89. The van der Waals surface area contributed by atoms with E-state index in [9.17, 15) is 15.2 Å². The zero-order valence-corrected chi connectivity index (χ0v) is 11.0. The first-order valence-electron chi connectivity index (χ1n) is 6.74. The van der Waals surface area contributed by atoms with Gasteiger partial charge in [0.25, 0.3) is 5.69 Å². The molecule has 1 aliphatic rings. The Morgan fingerprint density at radius 1 is 1.26 bits per heavy atom. The fraction of sp³-hybridized carbons (Fsp3) is 0.571. The van der Waals surface area contributed by atoms with E-state index < -0.39 is 0 Å².